The Bertz CT molecular complexity index is 563. The normalized spacial score (nSPS) is 10.3. The van der Waals surface area contributed by atoms with Crippen LogP contribution in [0, 0.1) is 0 Å². The molecule has 1 N–H and O–H groups in total. The van der Waals surface area contributed by atoms with E-state index in [0.29, 0.717) is 5.56 Å². The van der Waals surface area contributed by atoms with Gasteiger partial charge in [0, 0.05) is 34.7 Å². The summed E-state index contributed by atoms with van der Waals surface area (Å²) in [7, 11) is 3.51. The SMILES string of the molecule is CN(C)C(=O)c1ccc(NCc2sccc2Br)cc1. The molecule has 1 heterocycles. The molecule has 0 fully saturated rings. The number of amides is 1. The van der Waals surface area contributed by atoms with E-state index in [9.17, 15) is 4.79 Å². The van der Waals surface area contributed by atoms with E-state index in [1.54, 1.807) is 30.3 Å². The number of nitrogens with zero attached hydrogens (tertiary/aromatic N) is 1. The van der Waals surface area contributed by atoms with Crippen LogP contribution in [0.2, 0.25) is 0 Å². The third-order valence-electron chi connectivity index (χ3n) is 2.68. The second-order valence-electron chi connectivity index (χ2n) is 4.32. The second-order valence-corrected chi connectivity index (χ2v) is 6.18. The lowest BCUT2D eigenvalue weighted by Crippen LogP contribution is -2.21. The van der Waals surface area contributed by atoms with E-state index in [0.717, 1.165) is 16.7 Å². The van der Waals surface area contributed by atoms with E-state index in [4.69, 9.17) is 0 Å². The Kier molecular flexibility index (Phi) is 4.61. The van der Waals surface area contributed by atoms with Crippen molar-refractivity contribution in [3.63, 3.8) is 0 Å². The highest BCUT2D eigenvalue weighted by Crippen LogP contribution is 2.23. The first-order valence-electron chi connectivity index (χ1n) is 5.85. The Morgan fingerprint density at radius 2 is 1.95 bits per heavy atom. The van der Waals surface area contributed by atoms with Crippen molar-refractivity contribution in [3.05, 3.63) is 50.6 Å². The van der Waals surface area contributed by atoms with E-state index in [1.807, 2.05) is 30.3 Å². The number of carbonyl (C=O) groups is 1. The van der Waals surface area contributed by atoms with Gasteiger partial charge in [0.1, 0.15) is 0 Å². The monoisotopic (exact) mass is 338 g/mol. The third kappa shape index (κ3) is 3.58. The molecule has 0 unspecified atom stereocenters. The first-order chi connectivity index (χ1) is 9.08. The van der Waals surface area contributed by atoms with Crippen molar-refractivity contribution < 1.29 is 4.79 Å². The van der Waals surface area contributed by atoms with Gasteiger partial charge in [-0.2, -0.15) is 0 Å². The molecule has 0 aliphatic heterocycles. The van der Waals surface area contributed by atoms with Gasteiger partial charge in [0.15, 0.2) is 0 Å². The summed E-state index contributed by atoms with van der Waals surface area (Å²) in [5, 5.41) is 5.39. The van der Waals surface area contributed by atoms with Crippen LogP contribution in [0.25, 0.3) is 0 Å². The first kappa shape index (κ1) is 14.1. The number of anilines is 1. The molecular formula is C14H15BrN2OS. The molecule has 0 spiro atoms. The molecule has 0 atom stereocenters. The maximum absolute atomic E-state index is 11.7. The Labute approximate surface area is 125 Å². The van der Waals surface area contributed by atoms with Crippen LogP contribution < -0.4 is 5.32 Å². The Balaban J connectivity index is 1.99. The third-order valence-corrected chi connectivity index (χ3v) is 4.61. The summed E-state index contributed by atoms with van der Waals surface area (Å²) in [4.78, 5) is 14.6. The van der Waals surface area contributed by atoms with Crippen molar-refractivity contribution in [1.82, 2.24) is 4.90 Å². The average molecular weight is 339 g/mol. The van der Waals surface area contributed by atoms with Gasteiger partial charge in [0.25, 0.3) is 5.91 Å². The van der Waals surface area contributed by atoms with Crippen LogP contribution in [-0.4, -0.2) is 24.9 Å². The predicted octanol–water partition coefficient (Wildman–Crippen LogP) is 3.82. The summed E-state index contributed by atoms with van der Waals surface area (Å²) in [6, 6.07) is 9.58. The van der Waals surface area contributed by atoms with Gasteiger partial charge in [-0.05, 0) is 51.6 Å². The molecule has 0 aliphatic rings. The summed E-state index contributed by atoms with van der Waals surface area (Å²) in [5.41, 5.74) is 1.71. The van der Waals surface area contributed by atoms with Crippen molar-refractivity contribution >= 4 is 38.9 Å². The topological polar surface area (TPSA) is 32.3 Å². The Hall–Kier alpha value is -1.33. The van der Waals surface area contributed by atoms with Gasteiger partial charge in [-0.1, -0.05) is 0 Å². The fourth-order valence-electron chi connectivity index (χ4n) is 1.62. The highest BCUT2D eigenvalue weighted by molar-refractivity contribution is 9.10. The van der Waals surface area contributed by atoms with E-state index in [2.05, 4.69) is 26.6 Å². The molecule has 2 aromatic rings. The van der Waals surface area contributed by atoms with Crippen molar-refractivity contribution in [2.45, 2.75) is 6.54 Å². The summed E-state index contributed by atoms with van der Waals surface area (Å²) < 4.78 is 1.13. The number of hydrogen-bond donors (Lipinski definition) is 1. The number of halogens is 1. The van der Waals surface area contributed by atoms with Crippen LogP contribution in [0.3, 0.4) is 0 Å². The Morgan fingerprint density at radius 3 is 2.47 bits per heavy atom. The van der Waals surface area contributed by atoms with Gasteiger partial charge < -0.3 is 10.2 Å². The summed E-state index contributed by atoms with van der Waals surface area (Å²) >= 11 is 5.22. The first-order valence-corrected chi connectivity index (χ1v) is 7.52. The minimum Gasteiger partial charge on any atom is -0.380 e. The van der Waals surface area contributed by atoms with Gasteiger partial charge in [-0.3, -0.25) is 4.79 Å². The number of thiophene rings is 1. The van der Waals surface area contributed by atoms with Gasteiger partial charge in [-0.25, -0.2) is 0 Å². The highest BCUT2D eigenvalue weighted by atomic mass is 79.9. The van der Waals surface area contributed by atoms with Crippen LogP contribution in [0.1, 0.15) is 15.2 Å². The zero-order chi connectivity index (χ0) is 13.8. The zero-order valence-corrected chi connectivity index (χ0v) is 13.2. The molecule has 2 rings (SSSR count). The lowest BCUT2D eigenvalue weighted by molar-refractivity contribution is 0.0827. The summed E-state index contributed by atoms with van der Waals surface area (Å²) in [6.07, 6.45) is 0. The largest absolute Gasteiger partial charge is 0.380 e. The molecule has 3 nitrogen and oxygen atoms in total. The number of hydrogen-bond acceptors (Lipinski definition) is 3. The maximum Gasteiger partial charge on any atom is 0.253 e. The highest BCUT2D eigenvalue weighted by Gasteiger charge is 2.07. The summed E-state index contributed by atoms with van der Waals surface area (Å²) in [5.74, 6) is 0.0209. The van der Waals surface area contributed by atoms with Crippen molar-refractivity contribution in [1.29, 1.82) is 0 Å². The molecule has 1 amide bonds. The molecule has 0 saturated carbocycles. The van der Waals surface area contributed by atoms with E-state index < -0.39 is 0 Å². The molecule has 1 aromatic carbocycles. The fraction of sp³-hybridized carbons (Fsp3) is 0.214. The minimum atomic E-state index is 0.0209. The quantitative estimate of drug-likeness (QED) is 0.918. The standard InChI is InChI=1S/C14H15BrN2OS/c1-17(2)14(18)10-3-5-11(6-4-10)16-9-13-12(15)7-8-19-13/h3-8,16H,9H2,1-2H3. The molecule has 19 heavy (non-hydrogen) atoms. The van der Waals surface area contributed by atoms with Crippen LogP contribution in [-0.2, 0) is 6.54 Å². The van der Waals surface area contributed by atoms with E-state index >= 15 is 0 Å². The maximum atomic E-state index is 11.7. The van der Waals surface area contributed by atoms with Crippen molar-refractivity contribution in [3.8, 4) is 0 Å². The number of carbonyl (C=O) groups excluding carboxylic acids is 1. The molecule has 0 aliphatic carbocycles. The number of nitrogens with one attached hydrogen (secondary N) is 1. The molecular weight excluding hydrogens is 324 g/mol. The van der Waals surface area contributed by atoms with Crippen LogP contribution in [0.4, 0.5) is 5.69 Å². The number of rotatable bonds is 4. The van der Waals surface area contributed by atoms with Crippen molar-refractivity contribution in [2.24, 2.45) is 0 Å². The second kappa shape index (κ2) is 6.21. The molecule has 0 bridgehead atoms. The van der Waals surface area contributed by atoms with Crippen LogP contribution in [0.5, 0.6) is 0 Å². The smallest absolute Gasteiger partial charge is 0.253 e. The molecule has 0 radical (unpaired) electrons. The van der Waals surface area contributed by atoms with Gasteiger partial charge in [0.2, 0.25) is 0 Å². The number of benzene rings is 1. The predicted molar refractivity (Wildman–Crippen MR) is 83.8 cm³/mol. The molecule has 0 saturated heterocycles. The van der Waals surface area contributed by atoms with Gasteiger partial charge in [-0.15, -0.1) is 11.3 Å². The zero-order valence-electron chi connectivity index (χ0n) is 10.8. The fourth-order valence-corrected chi connectivity index (χ4v) is 3.05. The van der Waals surface area contributed by atoms with Crippen molar-refractivity contribution in [2.75, 3.05) is 19.4 Å². The molecule has 100 valence electrons. The van der Waals surface area contributed by atoms with Crippen LogP contribution >= 0.6 is 27.3 Å². The summed E-state index contributed by atoms with van der Waals surface area (Å²) in [6.45, 7) is 0.777. The lowest BCUT2D eigenvalue weighted by Gasteiger charge is -2.11. The van der Waals surface area contributed by atoms with E-state index in [-0.39, 0.29) is 5.91 Å². The Morgan fingerprint density at radius 1 is 1.26 bits per heavy atom. The van der Waals surface area contributed by atoms with Gasteiger partial charge in [0.05, 0.1) is 6.54 Å². The van der Waals surface area contributed by atoms with Crippen LogP contribution in [0.15, 0.2) is 40.2 Å². The van der Waals surface area contributed by atoms with Gasteiger partial charge >= 0.3 is 0 Å². The minimum absolute atomic E-state index is 0.0209. The molecule has 5 heteroatoms. The van der Waals surface area contributed by atoms with E-state index in [1.165, 1.54) is 4.88 Å². The molecule has 1 aromatic heterocycles. The lowest BCUT2D eigenvalue weighted by atomic mass is 10.2. The average Bonchev–Trinajstić information content (AvgIpc) is 2.81.